The van der Waals surface area contributed by atoms with Gasteiger partial charge in [-0.05, 0) is 40.7 Å². The molecule has 3 N–H and O–H groups in total. The van der Waals surface area contributed by atoms with Crippen LogP contribution in [0.25, 0.3) is 0 Å². The molecule has 0 atom stereocenters. The van der Waals surface area contributed by atoms with Crippen LogP contribution in [0, 0.1) is 5.41 Å². The maximum absolute atomic E-state index is 5.67. The maximum Gasteiger partial charge on any atom is 0.183 e. The quantitative estimate of drug-likeness (QED) is 0.873. The Morgan fingerprint density at radius 2 is 2.46 bits per heavy atom. The van der Waals surface area contributed by atoms with E-state index in [1.807, 2.05) is 5.38 Å². The van der Waals surface area contributed by atoms with E-state index in [2.05, 4.69) is 26.2 Å². The van der Waals surface area contributed by atoms with E-state index in [0.29, 0.717) is 5.41 Å². The average Bonchev–Trinajstić information content (AvgIpc) is 2.81. The minimum absolute atomic E-state index is 0.373. The number of hydrogen-bond donors (Lipinski definition) is 2. The molecule has 0 spiro atoms. The molecule has 1 aromatic heterocycles. The summed E-state index contributed by atoms with van der Waals surface area (Å²) in [5, 5.41) is 6.27. The third-order valence-electron chi connectivity index (χ3n) is 2.48. The molecule has 1 aliphatic rings. The molecule has 1 fully saturated rings. The van der Waals surface area contributed by atoms with E-state index >= 15 is 0 Å². The zero-order valence-corrected chi connectivity index (χ0v) is 9.62. The summed E-state index contributed by atoms with van der Waals surface area (Å²) in [6.07, 6.45) is 2.51. The highest BCUT2D eigenvalue weighted by Gasteiger charge is 2.40. The van der Waals surface area contributed by atoms with Gasteiger partial charge < -0.3 is 11.1 Å². The first-order valence-corrected chi connectivity index (χ1v) is 5.96. The van der Waals surface area contributed by atoms with E-state index in [0.717, 1.165) is 22.8 Å². The third-order valence-corrected chi connectivity index (χ3v) is 3.99. The van der Waals surface area contributed by atoms with Crippen molar-refractivity contribution in [2.24, 2.45) is 11.1 Å². The van der Waals surface area contributed by atoms with Gasteiger partial charge in [-0.1, -0.05) is 0 Å². The average molecular weight is 262 g/mol. The van der Waals surface area contributed by atoms with Crippen molar-refractivity contribution in [3.8, 4) is 0 Å². The van der Waals surface area contributed by atoms with Crippen molar-refractivity contribution < 1.29 is 0 Å². The van der Waals surface area contributed by atoms with Crippen LogP contribution in [0.3, 0.4) is 0 Å². The van der Waals surface area contributed by atoms with E-state index in [-0.39, 0.29) is 0 Å². The molecule has 0 aromatic carbocycles. The number of nitrogens with one attached hydrogen (secondary N) is 1. The molecule has 0 radical (unpaired) electrons. The molecule has 0 unspecified atom stereocenters. The smallest absolute Gasteiger partial charge is 0.183 e. The van der Waals surface area contributed by atoms with Gasteiger partial charge in [0.25, 0.3) is 0 Å². The van der Waals surface area contributed by atoms with Gasteiger partial charge in [0.15, 0.2) is 5.13 Å². The first-order valence-electron chi connectivity index (χ1n) is 4.29. The second kappa shape index (κ2) is 3.55. The molecule has 0 aliphatic heterocycles. The zero-order chi connectivity index (χ0) is 9.31. The fraction of sp³-hybridized carbons (Fsp3) is 0.625. The van der Waals surface area contributed by atoms with Crippen molar-refractivity contribution in [1.82, 2.24) is 4.98 Å². The van der Waals surface area contributed by atoms with Gasteiger partial charge in [-0.2, -0.15) is 0 Å². The van der Waals surface area contributed by atoms with Crippen LogP contribution in [0.5, 0.6) is 0 Å². The molecular formula is C8H12BrN3S. The van der Waals surface area contributed by atoms with Crippen LogP contribution < -0.4 is 11.1 Å². The first kappa shape index (κ1) is 9.43. The topological polar surface area (TPSA) is 50.9 Å². The Labute approximate surface area is 89.9 Å². The Morgan fingerprint density at radius 3 is 2.92 bits per heavy atom. The monoisotopic (exact) mass is 261 g/mol. The molecular weight excluding hydrogens is 250 g/mol. The van der Waals surface area contributed by atoms with Gasteiger partial charge >= 0.3 is 0 Å². The van der Waals surface area contributed by atoms with Crippen molar-refractivity contribution in [2.45, 2.75) is 12.8 Å². The summed E-state index contributed by atoms with van der Waals surface area (Å²) in [7, 11) is 0. The van der Waals surface area contributed by atoms with Gasteiger partial charge in [0, 0.05) is 11.9 Å². The molecule has 1 saturated carbocycles. The summed E-state index contributed by atoms with van der Waals surface area (Å²) in [5.74, 6) is 0. The predicted molar refractivity (Wildman–Crippen MR) is 59.0 cm³/mol. The molecule has 1 heterocycles. The lowest BCUT2D eigenvalue weighted by Crippen LogP contribution is -2.24. The second-order valence-corrected chi connectivity index (χ2v) is 5.20. The Bertz CT molecular complexity index is 295. The molecule has 0 bridgehead atoms. The summed E-state index contributed by atoms with van der Waals surface area (Å²) in [4.78, 5) is 4.26. The number of halogens is 1. The standard InChI is InChI=1S/C8H12BrN3S/c9-6-3-13-7(12-6)11-5-8(4-10)1-2-8/h3H,1-2,4-5,10H2,(H,11,12). The van der Waals surface area contributed by atoms with Crippen molar-refractivity contribution in [2.75, 3.05) is 18.4 Å². The van der Waals surface area contributed by atoms with E-state index in [4.69, 9.17) is 5.73 Å². The van der Waals surface area contributed by atoms with Gasteiger partial charge in [-0.25, -0.2) is 4.98 Å². The number of nitrogens with zero attached hydrogens (tertiary/aromatic N) is 1. The predicted octanol–water partition coefficient (Wildman–Crippen LogP) is 2.06. The first-order chi connectivity index (χ1) is 6.24. The highest BCUT2D eigenvalue weighted by atomic mass is 79.9. The van der Waals surface area contributed by atoms with Crippen LogP contribution in [-0.2, 0) is 0 Å². The van der Waals surface area contributed by atoms with E-state index in [1.165, 1.54) is 12.8 Å². The molecule has 1 aromatic rings. The summed E-state index contributed by atoms with van der Waals surface area (Å²) in [5.41, 5.74) is 6.05. The van der Waals surface area contributed by atoms with Crippen molar-refractivity contribution in [3.63, 3.8) is 0 Å². The second-order valence-electron chi connectivity index (χ2n) is 3.53. The summed E-state index contributed by atoms with van der Waals surface area (Å²) < 4.78 is 0.901. The van der Waals surface area contributed by atoms with Crippen molar-refractivity contribution in [1.29, 1.82) is 0 Å². The normalized spacial score (nSPS) is 18.6. The Hall–Kier alpha value is -0.130. The number of hydrogen-bond acceptors (Lipinski definition) is 4. The lowest BCUT2D eigenvalue weighted by Gasteiger charge is -2.11. The fourth-order valence-electron chi connectivity index (χ4n) is 1.23. The number of aromatic nitrogens is 1. The summed E-state index contributed by atoms with van der Waals surface area (Å²) >= 11 is 4.94. The van der Waals surface area contributed by atoms with Crippen LogP contribution in [0.2, 0.25) is 0 Å². The Morgan fingerprint density at radius 1 is 1.69 bits per heavy atom. The fourth-order valence-corrected chi connectivity index (χ4v) is 2.37. The maximum atomic E-state index is 5.67. The summed E-state index contributed by atoms with van der Waals surface area (Å²) in [6, 6.07) is 0. The molecule has 3 nitrogen and oxygen atoms in total. The van der Waals surface area contributed by atoms with Gasteiger partial charge in [0.1, 0.15) is 4.60 Å². The zero-order valence-electron chi connectivity index (χ0n) is 7.22. The highest BCUT2D eigenvalue weighted by molar-refractivity contribution is 9.10. The minimum atomic E-state index is 0.373. The Kier molecular flexibility index (Phi) is 2.58. The van der Waals surface area contributed by atoms with Crippen LogP contribution in [-0.4, -0.2) is 18.1 Å². The molecule has 2 rings (SSSR count). The molecule has 0 saturated heterocycles. The van der Waals surface area contributed by atoms with Crippen molar-refractivity contribution in [3.05, 3.63) is 9.98 Å². The van der Waals surface area contributed by atoms with E-state index in [9.17, 15) is 0 Å². The van der Waals surface area contributed by atoms with Gasteiger partial charge in [0.05, 0.1) is 0 Å². The molecule has 13 heavy (non-hydrogen) atoms. The SMILES string of the molecule is NCC1(CNc2nc(Br)cs2)CC1. The number of thiazole rings is 1. The van der Waals surface area contributed by atoms with Gasteiger partial charge in [-0.15, -0.1) is 11.3 Å². The van der Waals surface area contributed by atoms with Crippen LogP contribution >= 0.6 is 27.3 Å². The molecule has 72 valence electrons. The highest BCUT2D eigenvalue weighted by Crippen LogP contribution is 2.44. The Balaban J connectivity index is 1.86. The third kappa shape index (κ3) is 2.21. The largest absolute Gasteiger partial charge is 0.361 e. The van der Waals surface area contributed by atoms with Gasteiger partial charge in [-0.3, -0.25) is 0 Å². The van der Waals surface area contributed by atoms with E-state index < -0.39 is 0 Å². The number of anilines is 1. The van der Waals surface area contributed by atoms with Crippen LogP contribution in [0.15, 0.2) is 9.98 Å². The van der Waals surface area contributed by atoms with Crippen LogP contribution in [0.1, 0.15) is 12.8 Å². The molecule has 5 heteroatoms. The van der Waals surface area contributed by atoms with Crippen LogP contribution in [0.4, 0.5) is 5.13 Å². The van der Waals surface area contributed by atoms with Gasteiger partial charge in [0.2, 0.25) is 0 Å². The van der Waals surface area contributed by atoms with Crippen molar-refractivity contribution >= 4 is 32.4 Å². The number of rotatable bonds is 4. The number of nitrogens with two attached hydrogens (primary N) is 1. The summed E-state index contributed by atoms with van der Waals surface area (Å²) in [6.45, 7) is 1.75. The molecule has 0 amide bonds. The lowest BCUT2D eigenvalue weighted by atomic mass is 10.1. The molecule has 1 aliphatic carbocycles. The lowest BCUT2D eigenvalue weighted by molar-refractivity contribution is 0.555. The van der Waals surface area contributed by atoms with E-state index in [1.54, 1.807) is 11.3 Å². The minimum Gasteiger partial charge on any atom is -0.361 e.